The van der Waals surface area contributed by atoms with E-state index in [1.807, 2.05) is 0 Å². The first-order chi connectivity index (χ1) is 22.4. The number of aliphatic imine (C=N–C) groups is 1. The number of nitrogens with zero attached hydrogens (tertiary/aromatic N) is 2. The van der Waals surface area contributed by atoms with Gasteiger partial charge in [-0.15, -0.1) is 0 Å². The van der Waals surface area contributed by atoms with E-state index in [1.165, 1.54) is 18.4 Å². The fourth-order valence-corrected chi connectivity index (χ4v) is 4.65. The van der Waals surface area contributed by atoms with Crippen LogP contribution in [-0.4, -0.2) is 63.9 Å². The van der Waals surface area contributed by atoms with Gasteiger partial charge in [0.2, 0.25) is 11.9 Å². The van der Waals surface area contributed by atoms with Crippen LogP contribution in [0.3, 0.4) is 0 Å². The van der Waals surface area contributed by atoms with E-state index in [9.17, 15) is 24.3 Å². The third kappa shape index (κ3) is 12.5. The molecule has 2 aromatic carbocycles. The van der Waals surface area contributed by atoms with Crippen LogP contribution in [-0.2, 0) is 27.1 Å². The van der Waals surface area contributed by atoms with E-state index in [1.54, 1.807) is 71.9 Å². The molecule has 15 heteroatoms. The number of carboxylic acid groups (broad SMARTS) is 1. The molecule has 1 heterocycles. The van der Waals surface area contributed by atoms with Crippen LogP contribution < -0.4 is 16.0 Å². The maximum absolute atomic E-state index is 12.7. The van der Waals surface area contributed by atoms with Gasteiger partial charge >= 0.3 is 18.2 Å². The number of carbonyl (C=O) groups is 4. The van der Waals surface area contributed by atoms with Crippen LogP contribution in [0.4, 0.5) is 9.59 Å². The SMILES string of the molecule is CC(C)(C)OC(=O)NC(=NCCCc1coc(-c2ccc(C[C@H](NC(=O)c3c(Cl)cccc3Cl)C(=O)O)cc2)n1)NC(=O)OC(C)(C)C. The van der Waals surface area contributed by atoms with Crippen LogP contribution in [0, 0.1) is 0 Å². The Balaban J connectivity index is 1.59. The number of guanidine groups is 1. The number of benzene rings is 2. The van der Waals surface area contributed by atoms with Gasteiger partial charge in [0.05, 0.1) is 21.3 Å². The number of hydrogen-bond acceptors (Lipinski definition) is 9. The number of amides is 3. The summed E-state index contributed by atoms with van der Waals surface area (Å²) >= 11 is 12.2. The van der Waals surface area contributed by atoms with Crippen molar-refractivity contribution in [3.05, 3.63) is 75.6 Å². The zero-order valence-corrected chi connectivity index (χ0v) is 29.0. The molecule has 0 aliphatic heterocycles. The molecule has 0 fully saturated rings. The van der Waals surface area contributed by atoms with Crippen molar-refractivity contribution in [1.29, 1.82) is 0 Å². The Bertz CT molecular complexity index is 1590. The van der Waals surface area contributed by atoms with Crippen LogP contribution in [0.5, 0.6) is 0 Å². The lowest BCUT2D eigenvalue weighted by Gasteiger charge is -2.22. The average Bonchev–Trinajstić information content (AvgIpc) is 3.42. The van der Waals surface area contributed by atoms with Gasteiger partial charge in [0.15, 0.2) is 0 Å². The van der Waals surface area contributed by atoms with Gasteiger partial charge in [0, 0.05) is 18.5 Å². The first-order valence-electron chi connectivity index (χ1n) is 15.0. The number of alkyl carbamates (subject to hydrolysis) is 2. The number of carboxylic acids is 1. The molecule has 0 aliphatic carbocycles. The van der Waals surface area contributed by atoms with Gasteiger partial charge in [-0.2, -0.15) is 0 Å². The summed E-state index contributed by atoms with van der Waals surface area (Å²) in [6.45, 7) is 10.5. The molecule has 3 aromatic rings. The highest BCUT2D eigenvalue weighted by Gasteiger charge is 2.24. The zero-order chi connectivity index (χ0) is 35.6. The maximum atomic E-state index is 12.7. The summed E-state index contributed by atoms with van der Waals surface area (Å²) in [6.07, 6.45) is 0.939. The molecule has 48 heavy (non-hydrogen) atoms. The molecule has 258 valence electrons. The van der Waals surface area contributed by atoms with Crippen molar-refractivity contribution in [1.82, 2.24) is 20.9 Å². The van der Waals surface area contributed by atoms with E-state index in [0.29, 0.717) is 35.6 Å². The van der Waals surface area contributed by atoms with Crippen molar-refractivity contribution in [3.63, 3.8) is 0 Å². The minimum absolute atomic E-state index is 0.00399. The van der Waals surface area contributed by atoms with Gasteiger partial charge in [0.1, 0.15) is 23.5 Å². The molecule has 0 saturated heterocycles. The average molecular weight is 705 g/mol. The molecular formula is C33H39Cl2N5O8. The van der Waals surface area contributed by atoms with Crippen LogP contribution in [0.1, 0.15) is 69.6 Å². The summed E-state index contributed by atoms with van der Waals surface area (Å²) in [5.41, 5.74) is 0.460. The first-order valence-corrected chi connectivity index (χ1v) is 15.7. The monoisotopic (exact) mass is 703 g/mol. The maximum Gasteiger partial charge on any atom is 0.414 e. The summed E-state index contributed by atoms with van der Waals surface area (Å²) in [6, 6.07) is 10.2. The largest absolute Gasteiger partial charge is 0.480 e. The van der Waals surface area contributed by atoms with E-state index >= 15 is 0 Å². The lowest BCUT2D eigenvalue weighted by atomic mass is 10.0. The Morgan fingerprint density at radius 1 is 0.917 bits per heavy atom. The number of hydrogen-bond donors (Lipinski definition) is 4. The Morgan fingerprint density at radius 3 is 2.00 bits per heavy atom. The fraction of sp³-hybridized carbons (Fsp3) is 0.394. The second-order valence-electron chi connectivity index (χ2n) is 12.6. The highest BCUT2D eigenvalue weighted by Crippen LogP contribution is 2.25. The van der Waals surface area contributed by atoms with Gasteiger partial charge in [-0.05, 0) is 84.2 Å². The molecule has 3 rings (SSSR count). The van der Waals surface area contributed by atoms with Gasteiger partial charge in [-0.3, -0.25) is 20.4 Å². The molecule has 1 aromatic heterocycles. The summed E-state index contributed by atoms with van der Waals surface area (Å²) < 4.78 is 16.1. The predicted octanol–water partition coefficient (Wildman–Crippen LogP) is 6.41. The highest BCUT2D eigenvalue weighted by atomic mass is 35.5. The first kappa shape index (κ1) is 37.8. The predicted molar refractivity (Wildman–Crippen MR) is 180 cm³/mol. The lowest BCUT2D eigenvalue weighted by molar-refractivity contribution is -0.139. The van der Waals surface area contributed by atoms with Crippen molar-refractivity contribution < 1.29 is 38.2 Å². The van der Waals surface area contributed by atoms with E-state index in [2.05, 4.69) is 25.9 Å². The Kier molecular flexibility index (Phi) is 13.0. The molecule has 0 saturated carbocycles. The van der Waals surface area contributed by atoms with Gasteiger partial charge in [0.25, 0.3) is 5.91 Å². The summed E-state index contributed by atoms with van der Waals surface area (Å²) in [4.78, 5) is 58.0. The molecular weight excluding hydrogens is 665 g/mol. The summed E-state index contributed by atoms with van der Waals surface area (Å²) in [5.74, 6) is -1.67. The number of nitrogens with one attached hydrogen (secondary N) is 3. The van der Waals surface area contributed by atoms with E-state index < -0.39 is 41.3 Å². The number of oxazole rings is 1. The molecule has 0 bridgehead atoms. The molecule has 0 aliphatic rings. The number of halogens is 2. The normalized spacial score (nSPS) is 12.0. The number of carbonyl (C=O) groups excluding carboxylic acids is 3. The minimum atomic E-state index is -1.23. The highest BCUT2D eigenvalue weighted by molar-refractivity contribution is 6.39. The summed E-state index contributed by atoms with van der Waals surface area (Å²) in [7, 11) is 0. The van der Waals surface area contributed by atoms with Crippen molar-refractivity contribution in [2.45, 2.75) is 78.0 Å². The molecule has 13 nitrogen and oxygen atoms in total. The smallest absolute Gasteiger partial charge is 0.414 e. The molecule has 1 atom stereocenters. The van der Waals surface area contributed by atoms with Crippen molar-refractivity contribution in [2.75, 3.05) is 6.54 Å². The number of aliphatic carboxylic acids is 1. The number of rotatable bonds is 10. The number of aromatic nitrogens is 1. The molecule has 4 N–H and O–H groups in total. The van der Waals surface area contributed by atoms with Crippen LogP contribution in [0.25, 0.3) is 11.5 Å². The van der Waals surface area contributed by atoms with Crippen LogP contribution >= 0.6 is 23.2 Å². The number of ether oxygens (including phenoxy) is 2. The molecule has 0 radical (unpaired) electrons. The van der Waals surface area contributed by atoms with Crippen molar-refractivity contribution >= 4 is 53.2 Å². The zero-order valence-electron chi connectivity index (χ0n) is 27.5. The second-order valence-corrected chi connectivity index (χ2v) is 13.4. The summed E-state index contributed by atoms with van der Waals surface area (Å²) in [5, 5.41) is 17.3. The third-order valence-electron chi connectivity index (χ3n) is 6.09. The third-order valence-corrected chi connectivity index (χ3v) is 6.72. The van der Waals surface area contributed by atoms with E-state index in [4.69, 9.17) is 37.1 Å². The molecule has 3 amide bonds. The van der Waals surface area contributed by atoms with E-state index in [0.717, 1.165) is 0 Å². The fourth-order valence-electron chi connectivity index (χ4n) is 4.08. The Morgan fingerprint density at radius 2 is 1.48 bits per heavy atom. The second kappa shape index (κ2) is 16.5. The van der Waals surface area contributed by atoms with Crippen LogP contribution in [0.15, 0.2) is 58.1 Å². The van der Waals surface area contributed by atoms with Crippen LogP contribution in [0.2, 0.25) is 10.0 Å². The Labute approximate surface area is 288 Å². The topological polar surface area (TPSA) is 181 Å². The van der Waals surface area contributed by atoms with E-state index in [-0.39, 0.29) is 34.5 Å². The Hall–Kier alpha value is -4.62. The lowest BCUT2D eigenvalue weighted by Crippen LogP contribution is -2.47. The quantitative estimate of drug-likeness (QED) is 0.105. The van der Waals surface area contributed by atoms with Crippen molar-refractivity contribution in [2.24, 2.45) is 4.99 Å². The number of aryl methyl sites for hydroxylation is 1. The van der Waals surface area contributed by atoms with Gasteiger partial charge in [-0.1, -0.05) is 41.4 Å². The van der Waals surface area contributed by atoms with Gasteiger partial charge < -0.3 is 24.3 Å². The molecule has 0 spiro atoms. The molecule has 0 unspecified atom stereocenters. The van der Waals surface area contributed by atoms with Crippen molar-refractivity contribution in [3.8, 4) is 11.5 Å². The minimum Gasteiger partial charge on any atom is -0.480 e. The van der Waals surface area contributed by atoms with Gasteiger partial charge in [-0.25, -0.2) is 19.4 Å². The standard InChI is InChI=1S/C33H39Cl2N5O8/c1-32(2,3)47-30(44)39-29(40-31(45)48-33(4,5)6)36-16-8-9-21-18-46-27(37-21)20-14-12-19(13-15-20)17-24(28(42)43)38-26(41)25-22(34)10-7-11-23(25)35/h7,10-15,18,24H,8-9,16-17H2,1-6H3,(H,38,41)(H,42,43)(H2,36,39,40,44,45)/t24-/m0/s1.